The Morgan fingerprint density at radius 3 is 2.82 bits per heavy atom. The van der Waals surface area contributed by atoms with Crippen molar-refractivity contribution in [2.24, 2.45) is 0 Å². The first-order valence-electron chi connectivity index (χ1n) is 6.55. The van der Waals surface area contributed by atoms with Gasteiger partial charge in [0.1, 0.15) is 5.56 Å². The Balaban J connectivity index is 1.81. The predicted octanol–water partition coefficient (Wildman–Crippen LogP) is 2.65. The minimum absolute atomic E-state index is 0.0317. The van der Waals surface area contributed by atoms with Crippen LogP contribution in [-0.4, -0.2) is 15.3 Å². The van der Waals surface area contributed by atoms with Crippen molar-refractivity contribution in [1.29, 1.82) is 0 Å². The highest BCUT2D eigenvalue weighted by Gasteiger charge is 2.14. The maximum Gasteiger partial charge on any atom is 0.271 e. The summed E-state index contributed by atoms with van der Waals surface area (Å²) in [6, 6.07) is 7.14. The zero-order valence-electron chi connectivity index (χ0n) is 11.7. The number of amides is 1. The first-order valence-corrected chi connectivity index (χ1v) is 7.74. The van der Waals surface area contributed by atoms with Crippen LogP contribution >= 0.6 is 22.9 Å². The Hall–Kier alpha value is -2.18. The number of thiazole rings is 1. The van der Waals surface area contributed by atoms with Gasteiger partial charge < -0.3 is 5.32 Å². The number of hydrogen-bond donors (Lipinski definition) is 1. The number of fused-ring (bicyclic) bond motifs is 1. The van der Waals surface area contributed by atoms with Gasteiger partial charge in [-0.15, -0.1) is 11.3 Å². The lowest BCUT2D eigenvalue weighted by molar-refractivity contribution is 0.0949. The van der Waals surface area contributed by atoms with E-state index in [2.05, 4.69) is 10.3 Å². The number of aryl methyl sites for hydroxylation is 1. The molecule has 0 saturated carbocycles. The van der Waals surface area contributed by atoms with Crippen molar-refractivity contribution < 1.29 is 4.79 Å². The van der Waals surface area contributed by atoms with Gasteiger partial charge in [0, 0.05) is 28.8 Å². The molecule has 22 heavy (non-hydrogen) atoms. The minimum atomic E-state index is -0.439. The highest BCUT2D eigenvalue weighted by atomic mass is 35.5. The molecule has 112 valence electrons. The van der Waals surface area contributed by atoms with Crippen LogP contribution in [0.4, 0.5) is 0 Å². The fraction of sp³-hybridized carbons (Fsp3) is 0.133. The number of halogens is 1. The summed E-state index contributed by atoms with van der Waals surface area (Å²) in [4.78, 5) is 30.2. The quantitative estimate of drug-likeness (QED) is 0.801. The van der Waals surface area contributed by atoms with Gasteiger partial charge in [0.05, 0.1) is 0 Å². The molecule has 1 aromatic carbocycles. The normalized spacial score (nSPS) is 10.8. The number of rotatable bonds is 3. The first-order chi connectivity index (χ1) is 10.5. The second-order valence-electron chi connectivity index (χ2n) is 4.78. The Labute approximate surface area is 135 Å². The van der Waals surface area contributed by atoms with Crippen molar-refractivity contribution in [1.82, 2.24) is 14.7 Å². The highest BCUT2D eigenvalue weighted by Crippen LogP contribution is 2.13. The van der Waals surface area contributed by atoms with Crippen molar-refractivity contribution >= 4 is 33.8 Å². The lowest BCUT2D eigenvalue weighted by Crippen LogP contribution is -2.30. The lowest BCUT2D eigenvalue weighted by Gasteiger charge is -2.05. The molecule has 0 aliphatic carbocycles. The van der Waals surface area contributed by atoms with E-state index >= 15 is 0 Å². The van der Waals surface area contributed by atoms with E-state index in [0.717, 1.165) is 10.4 Å². The monoisotopic (exact) mass is 333 g/mol. The van der Waals surface area contributed by atoms with E-state index in [1.54, 1.807) is 18.3 Å². The molecule has 5 nitrogen and oxygen atoms in total. The van der Waals surface area contributed by atoms with Crippen LogP contribution in [-0.2, 0) is 6.54 Å². The van der Waals surface area contributed by atoms with Gasteiger partial charge in [-0.2, -0.15) is 0 Å². The molecule has 0 fully saturated rings. The average molecular weight is 334 g/mol. The fourth-order valence-electron chi connectivity index (χ4n) is 2.03. The van der Waals surface area contributed by atoms with E-state index in [-0.39, 0.29) is 11.1 Å². The summed E-state index contributed by atoms with van der Waals surface area (Å²) in [6.45, 7) is 2.21. The van der Waals surface area contributed by atoms with E-state index in [1.807, 2.05) is 19.1 Å². The number of carbonyl (C=O) groups excluding carboxylic acids is 1. The van der Waals surface area contributed by atoms with Crippen molar-refractivity contribution in [3.8, 4) is 0 Å². The third kappa shape index (κ3) is 2.88. The van der Waals surface area contributed by atoms with Gasteiger partial charge in [0.15, 0.2) is 4.96 Å². The molecule has 0 radical (unpaired) electrons. The number of aromatic nitrogens is 2. The largest absolute Gasteiger partial charge is 0.348 e. The highest BCUT2D eigenvalue weighted by molar-refractivity contribution is 7.16. The van der Waals surface area contributed by atoms with Crippen LogP contribution in [0.3, 0.4) is 0 Å². The topological polar surface area (TPSA) is 63.5 Å². The molecule has 0 bridgehead atoms. The summed E-state index contributed by atoms with van der Waals surface area (Å²) in [5.41, 5.74) is 0.575. The molecule has 3 aromatic rings. The molecule has 0 aliphatic rings. The van der Waals surface area contributed by atoms with Gasteiger partial charge >= 0.3 is 0 Å². The number of nitrogens with one attached hydrogen (secondary N) is 1. The van der Waals surface area contributed by atoms with E-state index in [1.165, 1.54) is 21.9 Å². The summed E-state index contributed by atoms with van der Waals surface area (Å²) in [5.74, 6) is -0.439. The Kier molecular flexibility index (Phi) is 3.96. The van der Waals surface area contributed by atoms with E-state index in [4.69, 9.17) is 11.6 Å². The zero-order chi connectivity index (χ0) is 15.7. The molecule has 7 heteroatoms. The fourth-order valence-corrected chi connectivity index (χ4v) is 2.94. The summed E-state index contributed by atoms with van der Waals surface area (Å²) >= 11 is 7.22. The van der Waals surface area contributed by atoms with Gasteiger partial charge in [0.2, 0.25) is 0 Å². The third-order valence-corrected chi connectivity index (χ3v) is 4.30. The SMILES string of the molecule is Cc1cn2c(=O)c(C(=O)NCc3ccc(Cl)cc3)cnc2s1. The molecule has 2 aromatic heterocycles. The van der Waals surface area contributed by atoms with Gasteiger partial charge in [-0.1, -0.05) is 23.7 Å². The molecule has 0 spiro atoms. The molecule has 2 heterocycles. The summed E-state index contributed by atoms with van der Waals surface area (Å²) in [7, 11) is 0. The average Bonchev–Trinajstić information content (AvgIpc) is 2.88. The Morgan fingerprint density at radius 1 is 1.36 bits per heavy atom. The molecule has 1 amide bonds. The second kappa shape index (κ2) is 5.90. The van der Waals surface area contributed by atoms with Crippen LogP contribution in [0.15, 0.2) is 41.5 Å². The maximum atomic E-state index is 12.3. The van der Waals surface area contributed by atoms with Crippen molar-refractivity contribution in [3.05, 3.63) is 68.0 Å². The van der Waals surface area contributed by atoms with Crippen molar-refractivity contribution in [2.75, 3.05) is 0 Å². The van der Waals surface area contributed by atoms with Crippen LogP contribution in [0.25, 0.3) is 4.96 Å². The van der Waals surface area contributed by atoms with Gasteiger partial charge in [-0.3, -0.25) is 14.0 Å². The molecule has 0 atom stereocenters. The predicted molar refractivity (Wildman–Crippen MR) is 86.7 cm³/mol. The summed E-state index contributed by atoms with van der Waals surface area (Å²) < 4.78 is 1.40. The van der Waals surface area contributed by atoms with Crippen molar-refractivity contribution in [2.45, 2.75) is 13.5 Å². The van der Waals surface area contributed by atoms with E-state index in [0.29, 0.717) is 16.5 Å². The van der Waals surface area contributed by atoms with Crippen molar-refractivity contribution in [3.63, 3.8) is 0 Å². The van der Waals surface area contributed by atoms with Gasteiger partial charge in [-0.25, -0.2) is 4.98 Å². The van der Waals surface area contributed by atoms with Crippen LogP contribution in [0.5, 0.6) is 0 Å². The first kappa shape index (κ1) is 14.7. The summed E-state index contributed by atoms with van der Waals surface area (Å²) in [5, 5.41) is 3.35. The molecular weight excluding hydrogens is 322 g/mol. The smallest absolute Gasteiger partial charge is 0.271 e. The van der Waals surface area contributed by atoms with Crippen LogP contribution < -0.4 is 10.9 Å². The van der Waals surface area contributed by atoms with Gasteiger partial charge in [0.25, 0.3) is 11.5 Å². The molecule has 0 aliphatic heterocycles. The summed E-state index contributed by atoms with van der Waals surface area (Å²) in [6.07, 6.45) is 3.01. The number of nitrogens with zero attached hydrogens (tertiary/aromatic N) is 2. The molecule has 3 rings (SSSR count). The van der Waals surface area contributed by atoms with Gasteiger partial charge in [-0.05, 0) is 24.6 Å². The second-order valence-corrected chi connectivity index (χ2v) is 6.43. The number of benzene rings is 1. The molecule has 0 unspecified atom stereocenters. The zero-order valence-corrected chi connectivity index (χ0v) is 13.2. The van der Waals surface area contributed by atoms with E-state index in [9.17, 15) is 9.59 Å². The third-order valence-electron chi connectivity index (χ3n) is 3.13. The molecule has 0 saturated heterocycles. The Morgan fingerprint density at radius 2 is 2.09 bits per heavy atom. The van der Waals surface area contributed by atoms with Crippen LogP contribution in [0.2, 0.25) is 5.02 Å². The number of hydrogen-bond acceptors (Lipinski definition) is 4. The molecular formula is C15H12ClN3O2S. The van der Waals surface area contributed by atoms with E-state index < -0.39 is 5.91 Å². The minimum Gasteiger partial charge on any atom is -0.348 e. The standard InChI is InChI=1S/C15H12ClN3O2S/c1-9-8-19-14(21)12(7-18-15(19)22-9)13(20)17-6-10-2-4-11(16)5-3-10/h2-5,7-8H,6H2,1H3,(H,17,20). The lowest BCUT2D eigenvalue weighted by atomic mass is 10.2. The Bertz CT molecular complexity index is 899. The van der Waals surface area contributed by atoms with Crippen LogP contribution in [0, 0.1) is 6.92 Å². The number of carbonyl (C=O) groups is 1. The molecule has 1 N–H and O–H groups in total. The van der Waals surface area contributed by atoms with Crippen LogP contribution in [0.1, 0.15) is 20.8 Å². The maximum absolute atomic E-state index is 12.3.